The molecule has 1 rings (SSSR count). The van der Waals surface area contributed by atoms with Crippen LogP contribution in [0.3, 0.4) is 0 Å². The lowest BCUT2D eigenvalue weighted by atomic mass is 10.2. The van der Waals surface area contributed by atoms with Crippen molar-refractivity contribution >= 4 is 5.69 Å². The van der Waals surface area contributed by atoms with Crippen molar-refractivity contribution in [1.82, 2.24) is 0 Å². The first-order chi connectivity index (χ1) is 7.71. The number of allylic oxidation sites excluding steroid dienone is 1. The van der Waals surface area contributed by atoms with Gasteiger partial charge in [0.1, 0.15) is 17.7 Å². The summed E-state index contributed by atoms with van der Waals surface area (Å²) in [6, 6.07) is 11.7. The Hall–Kier alpha value is -2.26. The maximum Gasteiger partial charge on any atom is 0.145 e. The SMILES string of the molecule is CCN(C=C(C#N)C#N)c1cccc(C)c1. The van der Waals surface area contributed by atoms with Crippen molar-refractivity contribution in [2.24, 2.45) is 0 Å². The van der Waals surface area contributed by atoms with Crippen molar-refractivity contribution in [3.05, 3.63) is 41.6 Å². The van der Waals surface area contributed by atoms with E-state index in [0.717, 1.165) is 17.8 Å². The Morgan fingerprint density at radius 1 is 1.38 bits per heavy atom. The Bertz CT molecular complexity index is 459. The number of benzene rings is 1. The largest absolute Gasteiger partial charge is 0.346 e. The van der Waals surface area contributed by atoms with Crippen LogP contribution < -0.4 is 4.90 Å². The molecule has 0 spiro atoms. The van der Waals surface area contributed by atoms with Crippen LogP contribution in [0.25, 0.3) is 0 Å². The van der Waals surface area contributed by atoms with E-state index in [2.05, 4.69) is 0 Å². The van der Waals surface area contributed by atoms with Crippen LogP contribution in [0.2, 0.25) is 0 Å². The maximum absolute atomic E-state index is 8.70. The number of rotatable bonds is 3. The minimum absolute atomic E-state index is 0.114. The third-order valence-corrected chi connectivity index (χ3v) is 2.20. The number of hydrogen-bond acceptors (Lipinski definition) is 3. The van der Waals surface area contributed by atoms with Crippen LogP contribution in [-0.4, -0.2) is 6.54 Å². The molecule has 1 aromatic rings. The van der Waals surface area contributed by atoms with Crippen molar-refractivity contribution < 1.29 is 0 Å². The second kappa shape index (κ2) is 5.58. The van der Waals surface area contributed by atoms with Crippen LogP contribution in [0.4, 0.5) is 5.69 Å². The van der Waals surface area contributed by atoms with Gasteiger partial charge in [0, 0.05) is 18.4 Å². The molecule has 0 fully saturated rings. The minimum atomic E-state index is 0.114. The molecule has 0 aromatic heterocycles. The summed E-state index contributed by atoms with van der Waals surface area (Å²) >= 11 is 0. The smallest absolute Gasteiger partial charge is 0.145 e. The molecule has 0 unspecified atom stereocenters. The number of anilines is 1. The fraction of sp³-hybridized carbons (Fsp3) is 0.231. The molecule has 3 nitrogen and oxygen atoms in total. The lowest BCUT2D eigenvalue weighted by Gasteiger charge is -2.18. The summed E-state index contributed by atoms with van der Waals surface area (Å²) in [6.45, 7) is 4.71. The molecule has 0 aliphatic carbocycles. The van der Waals surface area contributed by atoms with Gasteiger partial charge < -0.3 is 4.90 Å². The fourth-order valence-corrected chi connectivity index (χ4v) is 1.39. The number of nitriles is 2. The maximum atomic E-state index is 8.70. The van der Waals surface area contributed by atoms with Crippen LogP contribution >= 0.6 is 0 Å². The first-order valence-corrected chi connectivity index (χ1v) is 5.06. The molecule has 3 heteroatoms. The van der Waals surface area contributed by atoms with E-state index in [4.69, 9.17) is 10.5 Å². The molecular weight excluding hydrogens is 198 g/mol. The van der Waals surface area contributed by atoms with Crippen LogP contribution in [0.5, 0.6) is 0 Å². The highest BCUT2D eigenvalue weighted by molar-refractivity contribution is 5.53. The molecule has 0 aliphatic rings. The highest BCUT2D eigenvalue weighted by Crippen LogP contribution is 2.16. The fourth-order valence-electron chi connectivity index (χ4n) is 1.39. The van der Waals surface area contributed by atoms with E-state index >= 15 is 0 Å². The van der Waals surface area contributed by atoms with E-state index in [-0.39, 0.29) is 5.57 Å². The van der Waals surface area contributed by atoms with E-state index in [1.54, 1.807) is 6.20 Å². The van der Waals surface area contributed by atoms with Gasteiger partial charge in [0.25, 0.3) is 0 Å². The first-order valence-electron chi connectivity index (χ1n) is 5.06. The lowest BCUT2D eigenvalue weighted by molar-refractivity contribution is 1.01. The van der Waals surface area contributed by atoms with Gasteiger partial charge in [-0.15, -0.1) is 0 Å². The molecule has 0 amide bonds. The van der Waals surface area contributed by atoms with Crippen molar-refractivity contribution in [1.29, 1.82) is 10.5 Å². The minimum Gasteiger partial charge on any atom is -0.346 e. The molecular formula is C13H13N3. The van der Waals surface area contributed by atoms with E-state index in [1.807, 2.05) is 55.2 Å². The molecule has 16 heavy (non-hydrogen) atoms. The molecule has 80 valence electrons. The molecule has 0 saturated heterocycles. The Kier molecular flexibility index (Phi) is 4.12. The third-order valence-electron chi connectivity index (χ3n) is 2.20. The molecule has 0 N–H and O–H groups in total. The first kappa shape index (κ1) is 11.8. The highest BCUT2D eigenvalue weighted by atomic mass is 15.1. The zero-order chi connectivity index (χ0) is 12.0. The van der Waals surface area contributed by atoms with Crippen molar-refractivity contribution in [3.8, 4) is 12.1 Å². The van der Waals surface area contributed by atoms with E-state index < -0.39 is 0 Å². The quantitative estimate of drug-likeness (QED) is 0.722. The standard InChI is InChI=1S/C13H13N3/c1-3-16(10-12(8-14)9-15)13-6-4-5-11(2)7-13/h4-7,10H,3H2,1-2H3. The molecule has 0 bridgehead atoms. The van der Waals surface area contributed by atoms with Gasteiger partial charge in [0.15, 0.2) is 0 Å². The van der Waals surface area contributed by atoms with Gasteiger partial charge in [0.05, 0.1) is 0 Å². The van der Waals surface area contributed by atoms with Crippen molar-refractivity contribution in [3.63, 3.8) is 0 Å². The van der Waals surface area contributed by atoms with Crippen LogP contribution in [0.15, 0.2) is 36.0 Å². The highest BCUT2D eigenvalue weighted by Gasteiger charge is 2.03. The molecule has 0 saturated carbocycles. The van der Waals surface area contributed by atoms with E-state index in [9.17, 15) is 0 Å². The molecule has 1 aromatic carbocycles. The monoisotopic (exact) mass is 211 g/mol. The van der Waals surface area contributed by atoms with Gasteiger partial charge in [-0.05, 0) is 31.5 Å². The lowest BCUT2D eigenvalue weighted by Crippen LogP contribution is -2.15. The van der Waals surface area contributed by atoms with E-state index in [0.29, 0.717) is 0 Å². The molecule has 0 aliphatic heterocycles. The zero-order valence-corrected chi connectivity index (χ0v) is 9.44. The Balaban J connectivity index is 3.06. The molecule has 0 atom stereocenters. The van der Waals surface area contributed by atoms with Gasteiger partial charge in [-0.3, -0.25) is 0 Å². The molecule has 0 heterocycles. The normalized spacial score (nSPS) is 8.75. The average Bonchev–Trinajstić information content (AvgIpc) is 2.31. The third kappa shape index (κ3) is 2.87. The summed E-state index contributed by atoms with van der Waals surface area (Å²) in [5.74, 6) is 0. The topological polar surface area (TPSA) is 50.8 Å². The van der Waals surface area contributed by atoms with E-state index in [1.165, 1.54) is 0 Å². The summed E-state index contributed by atoms with van der Waals surface area (Å²) in [6.07, 6.45) is 1.58. The van der Waals surface area contributed by atoms with Gasteiger partial charge in [-0.25, -0.2) is 0 Å². The second-order valence-corrected chi connectivity index (χ2v) is 3.39. The van der Waals surface area contributed by atoms with Crippen molar-refractivity contribution in [2.75, 3.05) is 11.4 Å². The zero-order valence-electron chi connectivity index (χ0n) is 9.44. The number of aryl methyl sites for hydroxylation is 1. The average molecular weight is 211 g/mol. The summed E-state index contributed by atoms with van der Waals surface area (Å²) < 4.78 is 0. The summed E-state index contributed by atoms with van der Waals surface area (Å²) in [4.78, 5) is 1.88. The number of nitrogens with zero attached hydrogens (tertiary/aromatic N) is 3. The van der Waals surface area contributed by atoms with Gasteiger partial charge >= 0.3 is 0 Å². The van der Waals surface area contributed by atoms with Crippen LogP contribution in [0.1, 0.15) is 12.5 Å². The van der Waals surface area contributed by atoms with Gasteiger partial charge in [-0.2, -0.15) is 10.5 Å². The van der Waals surface area contributed by atoms with Crippen LogP contribution in [0, 0.1) is 29.6 Å². The second-order valence-electron chi connectivity index (χ2n) is 3.39. The summed E-state index contributed by atoms with van der Waals surface area (Å²) in [5.41, 5.74) is 2.26. The summed E-state index contributed by atoms with van der Waals surface area (Å²) in [7, 11) is 0. The Labute approximate surface area is 95.8 Å². The Morgan fingerprint density at radius 2 is 2.06 bits per heavy atom. The predicted octanol–water partition coefficient (Wildman–Crippen LogP) is 2.75. The van der Waals surface area contributed by atoms with Crippen LogP contribution in [-0.2, 0) is 0 Å². The summed E-state index contributed by atoms with van der Waals surface area (Å²) in [5, 5.41) is 17.4. The van der Waals surface area contributed by atoms with Crippen molar-refractivity contribution in [2.45, 2.75) is 13.8 Å². The Morgan fingerprint density at radius 3 is 2.56 bits per heavy atom. The predicted molar refractivity (Wildman–Crippen MR) is 63.5 cm³/mol. The number of hydrogen-bond donors (Lipinski definition) is 0. The van der Waals surface area contributed by atoms with Gasteiger partial charge in [0.2, 0.25) is 0 Å². The molecule has 0 radical (unpaired) electrons. The van der Waals surface area contributed by atoms with Gasteiger partial charge in [-0.1, -0.05) is 12.1 Å².